The fraction of sp³-hybridized carbons (Fsp3) is 0.583. The molecule has 1 saturated heterocycles. The minimum Gasteiger partial charge on any atom is -0.378 e. The van der Waals surface area contributed by atoms with Gasteiger partial charge in [-0.3, -0.25) is 4.79 Å². The molecule has 0 saturated carbocycles. The maximum atomic E-state index is 11.8. The van der Waals surface area contributed by atoms with Gasteiger partial charge in [-0.25, -0.2) is 0 Å². The number of halogens is 1. The first-order valence-corrected chi connectivity index (χ1v) is 7.11. The highest BCUT2D eigenvalue weighted by atomic mass is 35.5. The second-order valence-electron chi connectivity index (χ2n) is 4.09. The van der Waals surface area contributed by atoms with E-state index in [9.17, 15) is 4.79 Å². The van der Waals surface area contributed by atoms with Crippen molar-refractivity contribution in [3.8, 4) is 0 Å². The molecule has 0 aliphatic carbocycles. The Bertz CT molecular complexity index is 374. The minimum atomic E-state index is 0.0823. The molecule has 1 aliphatic rings. The maximum absolute atomic E-state index is 11.8. The summed E-state index contributed by atoms with van der Waals surface area (Å²) in [6, 6.07) is 1.76. The molecule has 0 aromatic carbocycles. The number of piperidine rings is 1. The molecule has 1 aliphatic heterocycles. The molecule has 2 rings (SSSR count). The molecular formula is C12H16ClNO2S. The molecule has 0 atom stereocenters. The zero-order valence-electron chi connectivity index (χ0n) is 9.58. The lowest BCUT2D eigenvalue weighted by molar-refractivity contribution is 0.0314. The summed E-state index contributed by atoms with van der Waals surface area (Å²) in [5.41, 5.74) is 0. The molecule has 94 valence electrons. The van der Waals surface area contributed by atoms with Gasteiger partial charge in [0.25, 0.3) is 0 Å². The Morgan fingerprint density at radius 2 is 2.29 bits per heavy atom. The van der Waals surface area contributed by atoms with Crippen molar-refractivity contribution in [1.29, 1.82) is 0 Å². The van der Waals surface area contributed by atoms with Crippen LogP contribution < -0.4 is 5.32 Å². The van der Waals surface area contributed by atoms with Gasteiger partial charge in [0.15, 0.2) is 5.78 Å². The number of hydrogen-bond donors (Lipinski definition) is 1. The van der Waals surface area contributed by atoms with E-state index in [-0.39, 0.29) is 5.78 Å². The van der Waals surface area contributed by atoms with E-state index < -0.39 is 0 Å². The van der Waals surface area contributed by atoms with Gasteiger partial charge in [-0.05, 0) is 37.4 Å². The van der Waals surface area contributed by atoms with Gasteiger partial charge in [0.2, 0.25) is 0 Å². The Kier molecular flexibility index (Phi) is 4.98. The summed E-state index contributed by atoms with van der Waals surface area (Å²) >= 11 is 7.30. The fourth-order valence-electron chi connectivity index (χ4n) is 1.89. The van der Waals surface area contributed by atoms with E-state index in [0.29, 0.717) is 29.0 Å². The van der Waals surface area contributed by atoms with Gasteiger partial charge in [-0.1, -0.05) is 11.6 Å². The first-order valence-electron chi connectivity index (χ1n) is 5.86. The molecule has 1 aromatic heterocycles. The van der Waals surface area contributed by atoms with E-state index in [1.165, 1.54) is 11.3 Å². The van der Waals surface area contributed by atoms with Crippen molar-refractivity contribution in [2.45, 2.75) is 25.4 Å². The van der Waals surface area contributed by atoms with E-state index >= 15 is 0 Å². The molecule has 0 spiro atoms. The SMILES string of the molecule is O=C(CCOC1CCNCC1)c1sccc1Cl. The number of rotatable bonds is 5. The van der Waals surface area contributed by atoms with Gasteiger partial charge in [0, 0.05) is 6.42 Å². The van der Waals surface area contributed by atoms with E-state index in [0.717, 1.165) is 25.9 Å². The second kappa shape index (κ2) is 6.50. The lowest BCUT2D eigenvalue weighted by atomic mass is 10.1. The quantitative estimate of drug-likeness (QED) is 0.839. The maximum Gasteiger partial charge on any atom is 0.176 e. The molecule has 1 N–H and O–H groups in total. The van der Waals surface area contributed by atoms with E-state index in [1.54, 1.807) is 6.07 Å². The number of hydrogen-bond acceptors (Lipinski definition) is 4. The molecule has 0 bridgehead atoms. The first kappa shape index (κ1) is 13.0. The zero-order chi connectivity index (χ0) is 12.1. The summed E-state index contributed by atoms with van der Waals surface area (Å²) in [6.07, 6.45) is 2.80. The van der Waals surface area contributed by atoms with Crippen molar-refractivity contribution in [1.82, 2.24) is 5.32 Å². The molecule has 17 heavy (non-hydrogen) atoms. The Morgan fingerprint density at radius 3 is 2.94 bits per heavy atom. The standard InChI is InChI=1S/C12H16ClNO2S/c13-10-4-8-17-12(10)11(15)3-7-16-9-1-5-14-6-2-9/h4,8-9,14H,1-3,5-7H2. The molecule has 5 heteroatoms. The molecule has 2 heterocycles. The van der Waals surface area contributed by atoms with Crippen LogP contribution >= 0.6 is 22.9 Å². The first-order chi connectivity index (χ1) is 8.27. The molecule has 0 radical (unpaired) electrons. The number of carbonyl (C=O) groups is 1. The van der Waals surface area contributed by atoms with Crippen LogP contribution in [-0.4, -0.2) is 31.6 Å². The molecular weight excluding hydrogens is 258 g/mol. The van der Waals surface area contributed by atoms with Gasteiger partial charge < -0.3 is 10.1 Å². The smallest absolute Gasteiger partial charge is 0.176 e. The Labute approximate surface area is 110 Å². The number of ketones is 1. The summed E-state index contributed by atoms with van der Waals surface area (Å²) < 4.78 is 5.69. The van der Waals surface area contributed by atoms with Crippen molar-refractivity contribution >= 4 is 28.7 Å². The number of ether oxygens (including phenoxy) is 1. The van der Waals surface area contributed by atoms with E-state index in [1.807, 2.05) is 5.38 Å². The Hall–Kier alpha value is -0.420. The average molecular weight is 274 g/mol. The molecule has 0 amide bonds. The summed E-state index contributed by atoms with van der Waals surface area (Å²) in [7, 11) is 0. The molecule has 3 nitrogen and oxygen atoms in total. The van der Waals surface area contributed by atoms with Gasteiger partial charge in [-0.2, -0.15) is 0 Å². The highest BCUT2D eigenvalue weighted by Crippen LogP contribution is 2.23. The number of Topliss-reactive ketones (excluding diaryl/α,β-unsaturated/α-hetero) is 1. The molecule has 1 fully saturated rings. The van der Waals surface area contributed by atoms with Gasteiger partial charge in [-0.15, -0.1) is 11.3 Å². The Balaban J connectivity index is 1.71. The van der Waals surface area contributed by atoms with Crippen molar-refractivity contribution in [2.75, 3.05) is 19.7 Å². The van der Waals surface area contributed by atoms with Crippen molar-refractivity contribution in [3.05, 3.63) is 21.3 Å². The third-order valence-corrected chi connectivity index (χ3v) is 4.22. The van der Waals surface area contributed by atoms with Crippen LogP contribution in [0.15, 0.2) is 11.4 Å². The van der Waals surface area contributed by atoms with Crippen LogP contribution in [0.25, 0.3) is 0 Å². The summed E-state index contributed by atoms with van der Waals surface area (Å²) in [5.74, 6) is 0.0823. The van der Waals surface area contributed by atoms with Crippen LogP contribution in [0.2, 0.25) is 5.02 Å². The van der Waals surface area contributed by atoms with Gasteiger partial charge in [0.05, 0.1) is 22.6 Å². The Morgan fingerprint density at radius 1 is 1.53 bits per heavy atom. The topological polar surface area (TPSA) is 38.3 Å². The normalized spacial score (nSPS) is 17.2. The van der Waals surface area contributed by atoms with Crippen LogP contribution in [0.5, 0.6) is 0 Å². The van der Waals surface area contributed by atoms with Crippen molar-refractivity contribution in [3.63, 3.8) is 0 Å². The molecule has 1 aromatic rings. The zero-order valence-corrected chi connectivity index (χ0v) is 11.1. The van der Waals surface area contributed by atoms with Crippen LogP contribution in [0.3, 0.4) is 0 Å². The number of thiophene rings is 1. The van der Waals surface area contributed by atoms with Crippen molar-refractivity contribution in [2.24, 2.45) is 0 Å². The minimum absolute atomic E-state index is 0.0823. The predicted molar refractivity (Wildman–Crippen MR) is 70.1 cm³/mol. The van der Waals surface area contributed by atoms with E-state index in [4.69, 9.17) is 16.3 Å². The summed E-state index contributed by atoms with van der Waals surface area (Å²) in [4.78, 5) is 12.5. The highest BCUT2D eigenvalue weighted by Gasteiger charge is 2.15. The van der Waals surface area contributed by atoms with Crippen LogP contribution in [0, 0.1) is 0 Å². The van der Waals surface area contributed by atoms with E-state index in [2.05, 4.69) is 5.32 Å². The van der Waals surface area contributed by atoms with Gasteiger partial charge >= 0.3 is 0 Å². The average Bonchev–Trinajstić information content (AvgIpc) is 2.77. The number of carbonyl (C=O) groups excluding carboxylic acids is 1. The largest absolute Gasteiger partial charge is 0.378 e. The third kappa shape index (κ3) is 3.78. The lowest BCUT2D eigenvalue weighted by Gasteiger charge is -2.22. The van der Waals surface area contributed by atoms with Crippen LogP contribution in [0.4, 0.5) is 0 Å². The second-order valence-corrected chi connectivity index (χ2v) is 5.41. The highest BCUT2D eigenvalue weighted by molar-refractivity contribution is 7.12. The number of nitrogens with one attached hydrogen (secondary N) is 1. The van der Waals surface area contributed by atoms with Gasteiger partial charge in [0.1, 0.15) is 0 Å². The summed E-state index contributed by atoms with van der Waals surface area (Å²) in [5, 5.41) is 5.67. The summed E-state index contributed by atoms with van der Waals surface area (Å²) in [6.45, 7) is 2.52. The van der Waals surface area contributed by atoms with Crippen LogP contribution in [-0.2, 0) is 4.74 Å². The fourth-order valence-corrected chi connectivity index (χ4v) is 3.02. The monoisotopic (exact) mass is 273 g/mol. The van der Waals surface area contributed by atoms with Crippen LogP contribution in [0.1, 0.15) is 28.9 Å². The van der Waals surface area contributed by atoms with Crippen molar-refractivity contribution < 1.29 is 9.53 Å². The third-order valence-electron chi connectivity index (χ3n) is 2.84. The lowest BCUT2D eigenvalue weighted by Crippen LogP contribution is -2.32. The predicted octanol–water partition coefficient (Wildman–Crippen LogP) is 2.74. The molecule has 0 unspecified atom stereocenters.